The van der Waals surface area contributed by atoms with Gasteiger partial charge in [-0.3, -0.25) is 9.69 Å². The van der Waals surface area contributed by atoms with E-state index in [-0.39, 0.29) is 11.9 Å². The molecule has 1 atom stereocenters. The standard InChI is InChI=1S/C14H22ClN3OS/c1-11(16)2-5-14(19)18-8-6-17(7-9-18)10-12-3-4-13(15)20-12/h3-4,11H,2,5-10,16H2,1H3. The summed E-state index contributed by atoms with van der Waals surface area (Å²) in [6.45, 7) is 6.36. The molecule has 6 heteroatoms. The molecular weight excluding hydrogens is 294 g/mol. The first kappa shape index (κ1) is 15.8. The van der Waals surface area contributed by atoms with Gasteiger partial charge in [0.1, 0.15) is 0 Å². The molecule has 1 unspecified atom stereocenters. The quantitative estimate of drug-likeness (QED) is 0.906. The monoisotopic (exact) mass is 315 g/mol. The molecule has 2 N–H and O–H groups in total. The van der Waals surface area contributed by atoms with Gasteiger partial charge >= 0.3 is 0 Å². The molecule has 0 bridgehead atoms. The Hall–Kier alpha value is -0.620. The Bertz CT molecular complexity index is 441. The van der Waals surface area contributed by atoms with E-state index in [0.717, 1.165) is 43.5 Å². The number of hydrogen-bond acceptors (Lipinski definition) is 4. The fourth-order valence-corrected chi connectivity index (χ4v) is 3.45. The third-order valence-corrected chi connectivity index (χ3v) is 4.76. The van der Waals surface area contributed by atoms with Crippen molar-refractivity contribution in [1.29, 1.82) is 0 Å². The third kappa shape index (κ3) is 4.74. The van der Waals surface area contributed by atoms with Crippen molar-refractivity contribution in [3.05, 3.63) is 21.3 Å². The Morgan fingerprint density at radius 2 is 2.10 bits per heavy atom. The lowest BCUT2D eigenvalue weighted by molar-refractivity contribution is -0.133. The van der Waals surface area contributed by atoms with E-state index < -0.39 is 0 Å². The molecule has 1 aromatic rings. The summed E-state index contributed by atoms with van der Waals surface area (Å²) < 4.78 is 0.838. The van der Waals surface area contributed by atoms with E-state index in [9.17, 15) is 4.79 Å². The maximum atomic E-state index is 12.0. The Labute approximate surface area is 129 Å². The highest BCUT2D eigenvalue weighted by Gasteiger charge is 2.21. The number of hydrogen-bond donors (Lipinski definition) is 1. The van der Waals surface area contributed by atoms with Crippen molar-refractivity contribution < 1.29 is 4.79 Å². The van der Waals surface area contributed by atoms with E-state index in [1.165, 1.54) is 4.88 Å². The van der Waals surface area contributed by atoms with Gasteiger partial charge in [0.15, 0.2) is 0 Å². The number of thiophene rings is 1. The number of piperazine rings is 1. The van der Waals surface area contributed by atoms with Crippen molar-refractivity contribution in [1.82, 2.24) is 9.80 Å². The van der Waals surface area contributed by atoms with Crippen molar-refractivity contribution >= 4 is 28.8 Å². The molecule has 112 valence electrons. The molecule has 1 saturated heterocycles. The molecule has 2 rings (SSSR count). The van der Waals surface area contributed by atoms with E-state index in [1.807, 2.05) is 17.9 Å². The van der Waals surface area contributed by atoms with Crippen LogP contribution in [0.15, 0.2) is 12.1 Å². The summed E-state index contributed by atoms with van der Waals surface area (Å²) >= 11 is 7.57. The average Bonchev–Trinajstić information content (AvgIpc) is 2.82. The second-order valence-electron chi connectivity index (χ2n) is 5.38. The first-order valence-electron chi connectivity index (χ1n) is 7.04. The first-order valence-corrected chi connectivity index (χ1v) is 8.24. The summed E-state index contributed by atoms with van der Waals surface area (Å²) in [7, 11) is 0. The van der Waals surface area contributed by atoms with Crippen LogP contribution >= 0.6 is 22.9 Å². The summed E-state index contributed by atoms with van der Waals surface area (Å²) in [5.74, 6) is 0.237. The van der Waals surface area contributed by atoms with Crippen LogP contribution in [-0.4, -0.2) is 47.9 Å². The van der Waals surface area contributed by atoms with Crippen LogP contribution in [-0.2, 0) is 11.3 Å². The number of carbonyl (C=O) groups is 1. The second kappa shape index (κ2) is 7.41. The molecule has 0 aliphatic carbocycles. The Morgan fingerprint density at radius 1 is 1.40 bits per heavy atom. The SMILES string of the molecule is CC(N)CCC(=O)N1CCN(Cc2ccc(Cl)s2)CC1. The number of carbonyl (C=O) groups excluding carboxylic acids is 1. The zero-order valence-corrected chi connectivity index (χ0v) is 13.4. The number of amides is 1. The van der Waals surface area contributed by atoms with Gasteiger partial charge in [-0.05, 0) is 25.5 Å². The van der Waals surface area contributed by atoms with E-state index >= 15 is 0 Å². The van der Waals surface area contributed by atoms with Crippen molar-refractivity contribution in [3.63, 3.8) is 0 Å². The molecule has 0 spiro atoms. The molecule has 1 amide bonds. The second-order valence-corrected chi connectivity index (χ2v) is 7.18. The molecule has 1 aliphatic rings. The van der Waals surface area contributed by atoms with Crippen LogP contribution in [0.25, 0.3) is 0 Å². The molecule has 0 radical (unpaired) electrons. The minimum absolute atomic E-state index is 0.101. The minimum Gasteiger partial charge on any atom is -0.340 e. The molecule has 1 aromatic heterocycles. The van der Waals surface area contributed by atoms with E-state index in [1.54, 1.807) is 11.3 Å². The maximum absolute atomic E-state index is 12.0. The fraction of sp³-hybridized carbons (Fsp3) is 0.643. The predicted octanol–water partition coefficient (Wildman–Crippen LogP) is 2.17. The summed E-state index contributed by atoms with van der Waals surface area (Å²) in [5.41, 5.74) is 5.69. The molecule has 4 nitrogen and oxygen atoms in total. The van der Waals surface area contributed by atoms with Gasteiger partial charge < -0.3 is 10.6 Å². The zero-order chi connectivity index (χ0) is 14.5. The van der Waals surface area contributed by atoms with Crippen molar-refractivity contribution in [2.45, 2.75) is 32.4 Å². The summed E-state index contributed by atoms with van der Waals surface area (Å²) in [4.78, 5) is 17.6. The maximum Gasteiger partial charge on any atom is 0.222 e. The Kier molecular flexibility index (Phi) is 5.84. The number of nitrogens with zero attached hydrogens (tertiary/aromatic N) is 2. The van der Waals surface area contributed by atoms with Crippen LogP contribution in [0, 0.1) is 0 Å². The van der Waals surface area contributed by atoms with Crippen LogP contribution in [0.1, 0.15) is 24.6 Å². The summed E-state index contributed by atoms with van der Waals surface area (Å²) in [5, 5.41) is 0. The molecule has 0 aromatic carbocycles. The normalized spacial score (nSPS) is 18.2. The Balaban J connectivity index is 1.73. The van der Waals surface area contributed by atoms with Crippen LogP contribution < -0.4 is 5.73 Å². The lowest BCUT2D eigenvalue weighted by Gasteiger charge is -2.34. The smallest absolute Gasteiger partial charge is 0.222 e. The highest BCUT2D eigenvalue weighted by molar-refractivity contribution is 7.16. The van der Waals surface area contributed by atoms with E-state index in [4.69, 9.17) is 17.3 Å². The lowest BCUT2D eigenvalue weighted by atomic mass is 10.1. The highest BCUT2D eigenvalue weighted by atomic mass is 35.5. The zero-order valence-electron chi connectivity index (χ0n) is 11.8. The topological polar surface area (TPSA) is 49.6 Å². The van der Waals surface area contributed by atoms with Crippen LogP contribution in [0.4, 0.5) is 0 Å². The van der Waals surface area contributed by atoms with Crippen molar-refractivity contribution in [2.75, 3.05) is 26.2 Å². The largest absolute Gasteiger partial charge is 0.340 e. The molecule has 1 fully saturated rings. The predicted molar refractivity (Wildman–Crippen MR) is 84.1 cm³/mol. The minimum atomic E-state index is 0.101. The van der Waals surface area contributed by atoms with Gasteiger partial charge in [-0.25, -0.2) is 0 Å². The van der Waals surface area contributed by atoms with Gasteiger partial charge in [0.25, 0.3) is 0 Å². The third-order valence-electron chi connectivity index (χ3n) is 3.55. The van der Waals surface area contributed by atoms with Gasteiger partial charge in [-0.1, -0.05) is 11.6 Å². The van der Waals surface area contributed by atoms with Gasteiger partial charge in [-0.15, -0.1) is 11.3 Å². The van der Waals surface area contributed by atoms with Gasteiger partial charge in [0, 0.05) is 50.1 Å². The number of halogens is 1. The van der Waals surface area contributed by atoms with E-state index in [0.29, 0.717) is 6.42 Å². The Morgan fingerprint density at radius 3 is 2.65 bits per heavy atom. The van der Waals surface area contributed by atoms with Crippen LogP contribution in [0.2, 0.25) is 4.34 Å². The van der Waals surface area contributed by atoms with Crippen LogP contribution in [0.5, 0.6) is 0 Å². The highest BCUT2D eigenvalue weighted by Crippen LogP contribution is 2.23. The number of rotatable bonds is 5. The van der Waals surface area contributed by atoms with E-state index in [2.05, 4.69) is 11.0 Å². The molecule has 1 aliphatic heterocycles. The number of nitrogens with two attached hydrogens (primary N) is 1. The fourth-order valence-electron chi connectivity index (χ4n) is 2.32. The molecule has 20 heavy (non-hydrogen) atoms. The van der Waals surface area contributed by atoms with Gasteiger partial charge in [0.05, 0.1) is 4.34 Å². The van der Waals surface area contributed by atoms with Crippen molar-refractivity contribution in [3.8, 4) is 0 Å². The molecular formula is C14H22ClN3OS. The average molecular weight is 316 g/mol. The molecule has 2 heterocycles. The lowest BCUT2D eigenvalue weighted by Crippen LogP contribution is -2.48. The first-order chi connectivity index (χ1) is 9.54. The molecule has 0 saturated carbocycles. The van der Waals surface area contributed by atoms with Gasteiger partial charge in [0.2, 0.25) is 5.91 Å². The summed E-state index contributed by atoms with van der Waals surface area (Å²) in [6, 6.07) is 4.12. The van der Waals surface area contributed by atoms with Crippen LogP contribution in [0.3, 0.4) is 0 Å². The van der Waals surface area contributed by atoms with Gasteiger partial charge in [-0.2, -0.15) is 0 Å². The summed E-state index contributed by atoms with van der Waals surface area (Å²) in [6.07, 6.45) is 1.34. The van der Waals surface area contributed by atoms with Crippen molar-refractivity contribution in [2.24, 2.45) is 5.73 Å².